The Labute approximate surface area is 119 Å². The van der Waals surface area contributed by atoms with E-state index in [2.05, 4.69) is 0 Å². The van der Waals surface area contributed by atoms with E-state index in [1.54, 1.807) is 19.1 Å². The van der Waals surface area contributed by atoms with E-state index >= 15 is 0 Å². The van der Waals surface area contributed by atoms with Crippen molar-refractivity contribution >= 4 is 17.6 Å². The highest BCUT2D eigenvalue weighted by atomic mass is 16.5. The molecule has 1 aromatic rings. The van der Waals surface area contributed by atoms with E-state index in [-0.39, 0.29) is 12.5 Å². The Balaban J connectivity index is 3.29. The number of nitrogens with zero attached hydrogens (tertiary/aromatic N) is 1. The molecule has 0 unspecified atom stereocenters. The highest BCUT2D eigenvalue weighted by Gasteiger charge is 2.42. The standard InChI is InChI=1S/C15H21NO4/c1-5-15(2,14(18)20-4)16(13(17)11-19-3)12-9-7-6-8-10-12/h6-10H,5,11H2,1-4H3/t15-/m0/s1. The molecule has 5 nitrogen and oxygen atoms in total. The van der Waals surface area contributed by atoms with Gasteiger partial charge >= 0.3 is 5.97 Å². The first-order valence-electron chi connectivity index (χ1n) is 6.46. The summed E-state index contributed by atoms with van der Waals surface area (Å²) in [6.45, 7) is 3.44. The van der Waals surface area contributed by atoms with E-state index in [1.807, 2.05) is 25.1 Å². The van der Waals surface area contributed by atoms with Crippen molar-refractivity contribution in [1.82, 2.24) is 0 Å². The second-order valence-corrected chi connectivity index (χ2v) is 4.62. The first kappa shape index (κ1) is 16.2. The normalized spacial score (nSPS) is 13.4. The molecule has 5 heteroatoms. The molecule has 0 N–H and O–H groups in total. The van der Waals surface area contributed by atoms with Crippen LogP contribution in [0.4, 0.5) is 5.69 Å². The molecular formula is C15H21NO4. The van der Waals surface area contributed by atoms with Crippen LogP contribution in [0.1, 0.15) is 20.3 Å². The molecule has 0 aromatic heterocycles. The van der Waals surface area contributed by atoms with E-state index in [1.165, 1.54) is 19.1 Å². The van der Waals surface area contributed by atoms with Gasteiger partial charge in [0.15, 0.2) is 0 Å². The number of hydrogen-bond donors (Lipinski definition) is 0. The van der Waals surface area contributed by atoms with Crippen LogP contribution in [-0.4, -0.2) is 38.2 Å². The number of carbonyl (C=O) groups excluding carboxylic acids is 2. The van der Waals surface area contributed by atoms with Crippen molar-refractivity contribution in [3.63, 3.8) is 0 Å². The second-order valence-electron chi connectivity index (χ2n) is 4.62. The van der Waals surface area contributed by atoms with E-state index < -0.39 is 11.5 Å². The summed E-state index contributed by atoms with van der Waals surface area (Å²) in [6.07, 6.45) is 0.435. The van der Waals surface area contributed by atoms with Gasteiger partial charge in [-0.1, -0.05) is 25.1 Å². The summed E-state index contributed by atoms with van der Waals surface area (Å²) in [5.74, 6) is -0.734. The summed E-state index contributed by atoms with van der Waals surface area (Å²) in [5.41, 5.74) is -0.421. The third-order valence-corrected chi connectivity index (χ3v) is 3.34. The first-order chi connectivity index (χ1) is 9.51. The minimum atomic E-state index is -1.06. The van der Waals surface area contributed by atoms with E-state index in [0.717, 1.165) is 0 Å². The number of ether oxygens (including phenoxy) is 2. The number of anilines is 1. The van der Waals surface area contributed by atoms with Crippen molar-refractivity contribution in [3.05, 3.63) is 30.3 Å². The van der Waals surface area contributed by atoms with Gasteiger partial charge in [-0.15, -0.1) is 0 Å². The van der Waals surface area contributed by atoms with Gasteiger partial charge in [0.25, 0.3) is 5.91 Å². The molecule has 0 saturated carbocycles. The lowest BCUT2D eigenvalue weighted by atomic mass is 9.95. The Morgan fingerprint density at radius 1 is 1.20 bits per heavy atom. The van der Waals surface area contributed by atoms with E-state index in [9.17, 15) is 9.59 Å². The Morgan fingerprint density at radius 2 is 1.80 bits per heavy atom. The van der Waals surface area contributed by atoms with Crippen molar-refractivity contribution in [3.8, 4) is 0 Å². The number of amides is 1. The third kappa shape index (κ3) is 3.17. The van der Waals surface area contributed by atoms with Gasteiger partial charge in [-0.25, -0.2) is 4.79 Å². The second kappa shape index (κ2) is 7.05. The van der Waals surface area contributed by atoms with Gasteiger partial charge in [-0.2, -0.15) is 0 Å². The van der Waals surface area contributed by atoms with E-state index in [4.69, 9.17) is 9.47 Å². The van der Waals surface area contributed by atoms with Crippen molar-refractivity contribution < 1.29 is 19.1 Å². The molecule has 1 atom stereocenters. The number of rotatable bonds is 6. The number of hydrogen-bond acceptors (Lipinski definition) is 4. The minimum Gasteiger partial charge on any atom is -0.467 e. The van der Waals surface area contributed by atoms with E-state index in [0.29, 0.717) is 12.1 Å². The van der Waals surface area contributed by atoms with Gasteiger partial charge in [0, 0.05) is 12.8 Å². The van der Waals surface area contributed by atoms with Crippen LogP contribution in [0.15, 0.2) is 30.3 Å². The molecule has 0 radical (unpaired) electrons. The summed E-state index contributed by atoms with van der Waals surface area (Å²) in [6, 6.07) is 9.05. The summed E-state index contributed by atoms with van der Waals surface area (Å²) >= 11 is 0. The molecule has 0 saturated heterocycles. The minimum absolute atomic E-state index is 0.0958. The van der Waals surface area contributed by atoms with Crippen LogP contribution in [0, 0.1) is 0 Å². The highest BCUT2D eigenvalue weighted by Crippen LogP contribution is 2.28. The van der Waals surface area contributed by atoms with Gasteiger partial charge in [-0.3, -0.25) is 9.69 Å². The number of para-hydroxylation sites is 1. The predicted octanol–water partition coefficient (Wildman–Crippen LogP) is 2.01. The number of esters is 1. The highest BCUT2D eigenvalue weighted by molar-refractivity contribution is 6.02. The summed E-state index contributed by atoms with van der Waals surface area (Å²) < 4.78 is 9.78. The van der Waals surface area contributed by atoms with Crippen LogP contribution in [0.5, 0.6) is 0 Å². The first-order valence-corrected chi connectivity index (χ1v) is 6.46. The quantitative estimate of drug-likeness (QED) is 0.747. The molecule has 0 aliphatic heterocycles. The largest absolute Gasteiger partial charge is 0.467 e. The molecule has 0 fully saturated rings. The molecule has 0 spiro atoms. The van der Waals surface area contributed by atoms with Crippen LogP contribution < -0.4 is 4.90 Å². The van der Waals surface area contributed by atoms with Crippen LogP contribution in [0.25, 0.3) is 0 Å². The lowest BCUT2D eigenvalue weighted by molar-refractivity contribution is -0.148. The maximum absolute atomic E-state index is 12.4. The van der Waals surface area contributed by atoms with Gasteiger partial charge in [0.1, 0.15) is 12.1 Å². The molecular weight excluding hydrogens is 258 g/mol. The summed E-state index contributed by atoms with van der Waals surface area (Å²) in [7, 11) is 2.77. The monoisotopic (exact) mass is 279 g/mol. The van der Waals surface area contributed by atoms with Crippen LogP contribution >= 0.6 is 0 Å². The smallest absolute Gasteiger partial charge is 0.331 e. The zero-order valence-electron chi connectivity index (χ0n) is 12.4. The van der Waals surface area contributed by atoms with Crippen molar-refractivity contribution in [2.24, 2.45) is 0 Å². The maximum atomic E-state index is 12.4. The topological polar surface area (TPSA) is 55.8 Å². The van der Waals surface area contributed by atoms with Crippen molar-refractivity contribution in [2.45, 2.75) is 25.8 Å². The maximum Gasteiger partial charge on any atom is 0.331 e. The third-order valence-electron chi connectivity index (χ3n) is 3.34. The fourth-order valence-corrected chi connectivity index (χ4v) is 2.08. The zero-order chi connectivity index (χ0) is 15.2. The van der Waals surface area contributed by atoms with Gasteiger partial charge < -0.3 is 9.47 Å². The molecule has 110 valence electrons. The van der Waals surface area contributed by atoms with Crippen molar-refractivity contribution in [1.29, 1.82) is 0 Å². The molecule has 0 aliphatic carbocycles. The lowest BCUT2D eigenvalue weighted by Crippen LogP contribution is -2.56. The Hall–Kier alpha value is -1.88. The number of carbonyl (C=O) groups is 2. The zero-order valence-corrected chi connectivity index (χ0v) is 12.4. The molecule has 0 heterocycles. The van der Waals surface area contributed by atoms with Gasteiger partial charge in [0.05, 0.1) is 7.11 Å². The van der Waals surface area contributed by atoms with Crippen LogP contribution in [0.2, 0.25) is 0 Å². The number of methoxy groups -OCH3 is 2. The Kier molecular flexibility index (Phi) is 5.70. The van der Waals surface area contributed by atoms with Gasteiger partial charge in [-0.05, 0) is 25.5 Å². The van der Waals surface area contributed by atoms with Crippen LogP contribution in [0.3, 0.4) is 0 Å². The fraction of sp³-hybridized carbons (Fsp3) is 0.467. The molecule has 1 aromatic carbocycles. The SMILES string of the molecule is CC[C@@](C)(C(=O)OC)N(C(=O)COC)c1ccccc1. The average molecular weight is 279 g/mol. The summed E-state index contributed by atoms with van der Waals surface area (Å²) in [4.78, 5) is 25.9. The van der Waals surface area contributed by atoms with Crippen molar-refractivity contribution in [2.75, 3.05) is 25.7 Å². The Morgan fingerprint density at radius 3 is 2.25 bits per heavy atom. The molecule has 1 amide bonds. The van der Waals surface area contributed by atoms with Gasteiger partial charge in [0.2, 0.25) is 0 Å². The Bertz CT molecular complexity index is 460. The fourth-order valence-electron chi connectivity index (χ4n) is 2.08. The lowest BCUT2D eigenvalue weighted by Gasteiger charge is -2.38. The molecule has 0 bridgehead atoms. The predicted molar refractivity (Wildman–Crippen MR) is 76.5 cm³/mol. The average Bonchev–Trinajstić information content (AvgIpc) is 2.47. The molecule has 20 heavy (non-hydrogen) atoms. The molecule has 0 aliphatic rings. The van der Waals surface area contributed by atoms with Crippen LogP contribution in [-0.2, 0) is 19.1 Å². The summed E-state index contributed by atoms with van der Waals surface area (Å²) in [5, 5.41) is 0. The number of benzene rings is 1. The molecule has 1 rings (SSSR count).